The highest BCUT2D eigenvalue weighted by Gasteiger charge is 2.26. The van der Waals surface area contributed by atoms with E-state index in [0.717, 1.165) is 0 Å². The summed E-state index contributed by atoms with van der Waals surface area (Å²) < 4.78 is 4.62. The van der Waals surface area contributed by atoms with Gasteiger partial charge in [0.2, 0.25) is 11.8 Å². The second-order valence-corrected chi connectivity index (χ2v) is 5.56. The summed E-state index contributed by atoms with van der Waals surface area (Å²) in [5.41, 5.74) is 6.99. The van der Waals surface area contributed by atoms with Crippen molar-refractivity contribution in [2.75, 3.05) is 31.2 Å². The molecule has 0 saturated carbocycles. The number of esters is 1. The lowest BCUT2D eigenvalue weighted by Gasteiger charge is -2.30. The Bertz CT molecular complexity index is 622. The molecule has 1 aromatic carbocycles. The molecular weight excluding hydrogens is 298 g/mol. The maximum absolute atomic E-state index is 12.3. The SMILES string of the molecule is COC(=O)c1ccc(NC(=O)C2CCN(C(C)=O)CC2)c(N)c1. The number of anilines is 2. The minimum absolute atomic E-state index is 0.0338. The van der Waals surface area contributed by atoms with E-state index in [1.165, 1.54) is 20.1 Å². The van der Waals surface area contributed by atoms with E-state index in [1.807, 2.05) is 0 Å². The van der Waals surface area contributed by atoms with Crippen molar-refractivity contribution in [2.45, 2.75) is 19.8 Å². The number of methoxy groups -OCH3 is 1. The molecule has 2 rings (SSSR count). The average Bonchev–Trinajstić information content (AvgIpc) is 2.55. The Morgan fingerprint density at radius 3 is 2.43 bits per heavy atom. The molecule has 1 aliphatic rings. The first-order valence-corrected chi connectivity index (χ1v) is 7.46. The van der Waals surface area contributed by atoms with Crippen LogP contribution in [-0.4, -0.2) is 42.9 Å². The Morgan fingerprint density at radius 2 is 1.91 bits per heavy atom. The summed E-state index contributed by atoms with van der Waals surface area (Å²) in [6.07, 6.45) is 1.26. The predicted octanol–water partition coefficient (Wildman–Crippen LogP) is 1.25. The van der Waals surface area contributed by atoms with E-state index < -0.39 is 5.97 Å². The zero-order valence-corrected chi connectivity index (χ0v) is 13.3. The molecule has 1 fully saturated rings. The number of carbonyl (C=O) groups is 3. The lowest BCUT2D eigenvalue weighted by Crippen LogP contribution is -2.40. The van der Waals surface area contributed by atoms with Crippen LogP contribution in [0.5, 0.6) is 0 Å². The van der Waals surface area contributed by atoms with E-state index in [2.05, 4.69) is 10.1 Å². The molecule has 7 nitrogen and oxygen atoms in total. The number of carbonyl (C=O) groups excluding carboxylic acids is 3. The molecule has 1 heterocycles. The lowest BCUT2D eigenvalue weighted by molar-refractivity contribution is -0.132. The van der Waals surface area contributed by atoms with Gasteiger partial charge in [0.15, 0.2) is 0 Å². The molecule has 0 aromatic heterocycles. The van der Waals surface area contributed by atoms with Crippen LogP contribution in [-0.2, 0) is 14.3 Å². The molecule has 0 unspecified atom stereocenters. The van der Waals surface area contributed by atoms with Gasteiger partial charge in [-0.1, -0.05) is 0 Å². The number of nitrogens with one attached hydrogen (secondary N) is 1. The third-order valence-electron chi connectivity index (χ3n) is 4.04. The number of nitrogens with zero attached hydrogens (tertiary/aromatic N) is 1. The van der Waals surface area contributed by atoms with E-state index in [4.69, 9.17) is 5.73 Å². The smallest absolute Gasteiger partial charge is 0.337 e. The molecule has 0 bridgehead atoms. The third-order valence-corrected chi connectivity index (χ3v) is 4.04. The summed E-state index contributed by atoms with van der Waals surface area (Å²) in [4.78, 5) is 36.8. The summed E-state index contributed by atoms with van der Waals surface area (Å²) in [6.45, 7) is 2.71. The molecule has 23 heavy (non-hydrogen) atoms. The second-order valence-electron chi connectivity index (χ2n) is 5.56. The van der Waals surface area contributed by atoms with Crippen LogP contribution in [0.25, 0.3) is 0 Å². The van der Waals surface area contributed by atoms with Crippen molar-refractivity contribution in [3.63, 3.8) is 0 Å². The summed E-state index contributed by atoms with van der Waals surface area (Å²) in [5.74, 6) is -0.714. The van der Waals surface area contributed by atoms with Gasteiger partial charge in [-0.3, -0.25) is 9.59 Å². The number of benzene rings is 1. The van der Waals surface area contributed by atoms with Gasteiger partial charge < -0.3 is 20.7 Å². The van der Waals surface area contributed by atoms with Crippen LogP contribution >= 0.6 is 0 Å². The molecule has 0 aliphatic carbocycles. The Kier molecular flexibility index (Phi) is 5.20. The monoisotopic (exact) mass is 319 g/mol. The van der Waals surface area contributed by atoms with E-state index in [1.54, 1.807) is 17.0 Å². The fourth-order valence-corrected chi connectivity index (χ4v) is 2.61. The Labute approximate surface area is 134 Å². The van der Waals surface area contributed by atoms with E-state index >= 15 is 0 Å². The molecule has 124 valence electrons. The van der Waals surface area contributed by atoms with Crippen molar-refractivity contribution >= 4 is 29.2 Å². The van der Waals surface area contributed by atoms with E-state index in [0.29, 0.717) is 42.9 Å². The van der Waals surface area contributed by atoms with E-state index in [-0.39, 0.29) is 17.7 Å². The third kappa shape index (κ3) is 4.00. The maximum Gasteiger partial charge on any atom is 0.337 e. The van der Waals surface area contributed by atoms with E-state index in [9.17, 15) is 14.4 Å². The van der Waals surface area contributed by atoms with Crippen molar-refractivity contribution in [3.8, 4) is 0 Å². The highest BCUT2D eigenvalue weighted by molar-refractivity contribution is 5.97. The number of nitrogens with two attached hydrogens (primary N) is 1. The van der Waals surface area contributed by atoms with Crippen LogP contribution in [0, 0.1) is 5.92 Å². The first kappa shape index (κ1) is 16.8. The summed E-state index contributed by atoms with van der Waals surface area (Å²) in [6, 6.07) is 4.61. The number of amides is 2. The normalized spacial score (nSPS) is 15.1. The molecule has 0 atom stereocenters. The second kappa shape index (κ2) is 7.13. The highest BCUT2D eigenvalue weighted by Crippen LogP contribution is 2.24. The number of likely N-dealkylation sites (tertiary alicyclic amines) is 1. The zero-order chi connectivity index (χ0) is 17.0. The first-order valence-electron chi connectivity index (χ1n) is 7.46. The van der Waals surface area contributed by atoms with Gasteiger partial charge >= 0.3 is 5.97 Å². The van der Waals surface area contributed by atoms with Crippen LogP contribution in [0.4, 0.5) is 11.4 Å². The number of rotatable bonds is 3. The van der Waals surface area contributed by atoms with Crippen LogP contribution in [0.3, 0.4) is 0 Å². The fraction of sp³-hybridized carbons (Fsp3) is 0.438. The summed E-state index contributed by atoms with van der Waals surface area (Å²) in [5, 5.41) is 2.79. The number of hydrogen-bond donors (Lipinski definition) is 2. The van der Waals surface area contributed by atoms with Crippen molar-refractivity contribution in [1.29, 1.82) is 0 Å². The molecule has 0 radical (unpaired) electrons. The molecule has 2 amide bonds. The van der Waals surface area contributed by atoms with Crippen LogP contribution in [0.1, 0.15) is 30.1 Å². The standard InChI is InChI=1S/C16H21N3O4/c1-10(20)19-7-5-11(6-8-19)15(21)18-14-4-3-12(9-13(14)17)16(22)23-2/h3-4,9,11H,5-8,17H2,1-2H3,(H,18,21). The van der Waals surface area contributed by atoms with Crippen LogP contribution in [0.2, 0.25) is 0 Å². The minimum atomic E-state index is -0.480. The predicted molar refractivity (Wildman–Crippen MR) is 85.8 cm³/mol. The lowest BCUT2D eigenvalue weighted by atomic mass is 9.95. The molecular formula is C16H21N3O4. The minimum Gasteiger partial charge on any atom is -0.465 e. The molecule has 1 aromatic rings. The van der Waals surface area contributed by atoms with Gasteiger partial charge in [-0.2, -0.15) is 0 Å². The molecule has 0 spiro atoms. The molecule has 1 saturated heterocycles. The van der Waals surface area contributed by atoms with Gasteiger partial charge in [0.25, 0.3) is 0 Å². The average molecular weight is 319 g/mol. The Morgan fingerprint density at radius 1 is 1.26 bits per heavy atom. The number of piperidine rings is 1. The van der Waals surface area contributed by atoms with Crippen molar-refractivity contribution in [2.24, 2.45) is 5.92 Å². The summed E-state index contributed by atoms with van der Waals surface area (Å²) in [7, 11) is 1.29. The molecule has 3 N–H and O–H groups in total. The van der Waals surface area contributed by atoms with Crippen LogP contribution < -0.4 is 11.1 Å². The van der Waals surface area contributed by atoms with Gasteiger partial charge in [-0.15, -0.1) is 0 Å². The Balaban J connectivity index is 1.98. The molecule has 1 aliphatic heterocycles. The quantitative estimate of drug-likeness (QED) is 0.645. The van der Waals surface area contributed by atoms with Crippen LogP contribution in [0.15, 0.2) is 18.2 Å². The zero-order valence-electron chi connectivity index (χ0n) is 13.3. The first-order chi connectivity index (χ1) is 10.9. The van der Waals surface area contributed by atoms with Crippen molar-refractivity contribution in [1.82, 2.24) is 4.90 Å². The van der Waals surface area contributed by atoms with Gasteiger partial charge in [0, 0.05) is 25.9 Å². The van der Waals surface area contributed by atoms with Gasteiger partial charge in [-0.25, -0.2) is 4.79 Å². The largest absolute Gasteiger partial charge is 0.465 e. The summed E-state index contributed by atoms with van der Waals surface area (Å²) >= 11 is 0. The number of nitrogen functional groups attached to an aromatic ring is 1. The maximum atomic E-state index is 12.3. The van der Waals surface area contributed by atoms with Gasteiger partial charge in [0.1, 0.15) is 0 Å². The van der Waals surface area contributed by atoms with Crippen molar-refractivity contribution in [3.05, 3.63) is 23.8 Å². The highest BCUT2D eigenvalue weighted by atomic mass is 16.5. The number of hydrogen-bond acceptors (Lipinski definition) is 5. The topological polar surface area (TPSA) is 102 Å². The van der Waals surface area contributed by atoms with Gasteiger partial charge in [-0.05, 0) is 31.0 Å². The van der Waals surface area contributed by atoms with Crippen molar-refractivity contribution < 1.29 is 19.1 Å². The fourth-order valence-electron chi connectivity index (χ4n) is 2.61. The Hall–Kier alpha value is -2.57. The molecule has 7 heteroatoms. The van der Waals surface area contributed by atoms with Gasteiger partial charge in [0.05, 0.1) is 24.0 Å². The number of ether oxygens (including phenoxy) is 1.